The van der Waals surface area contributed by atoms with Gasteiger partial charge < -0.3 is 10.0 Å². The summed E-state index contributed by atoms with van der Waals surface area (Å²) in [6.45, 7) is 7.59. The van der Waals surface area contributed by atoms with Crippen LogP contribution in [0.1, 0.15) is 38.4 Å². The summed E-state index contributed by atoms with van der Waals surface area (Å²) in [7, 11) is 1.75. The van der Waals surface area contributed by atoms with Gasteiger partial charge in [0.15, 0.2) is 0 Å². The van der Waals surface area contributed by atoms with Crippen LogP contribution >= 0.6 is 0 Å². The van der Waals surface area contributed by atoms with Crippen LogP contribution in [0.4, 0.5) is 0 Å². The molecule has 1 aromatic rings. The van der Waals surface area contributed by atoms with Gasteiger partial charge in [-0.1, -0.05) is 43.3 Å². The van der Waals surface area contributed by atoms with Crippen molar-refractivity contribution in [3.8, 4) is 0 Å². The van der Waals surface area contributed by atoms with Crippen LogP contribution in [0.25, 0.3) is 0 Å². The summed E-state index contributed by atoms with van der Waals surface area (Å²) < 4.78 is 0. The van der Waals surface area contributed by atoms with Gasteiger partial charge in [-0.2, -0.15) is 0 Å². The predicted molar refractivity (Wildman–Crippen MR) is 82.2 cm³/mol. The number of allylic oxidation sites excluding steroid dienone is 1. The number of hydrogen-bond acceptors (Lipinski definition) is 2. The van der Waals surface area contributed by atoms with Crippen molar-refractivity contribution in [1.29, 1.82) is 0 Å². The molecule has 0 aliphatic heterocycles. The number of carbonyl (C=O) groups excluding carboxylic acids is 1. The summed E-state index contributed by atoms with van der Waals surface area (Å²) in [4.78, 5) is 13.8. The number of carbonyl (C=O) groups is 1. The van der Waals surface area contributed by atoms with E-state index in [1.54, 1.807) is 11.9 Å². The molecule has 1 N–H and O–H groups in total. The van der Waals surface area contributed by atoms with Gasteiger partial charge in [-0.15, -0.1) is 6.58 Å². The number of rotatable bonds is 7. The summed E-state index contributed by atoms with van der Waals surface area (Å²) in [5, 5.41) is 10.3. The third kappa shape index (κ3) is 4.49. The zero-order valence-corrected chi connectivity index (χ0v) is 12.6. The van der Waals surface area contributed by atoms with E-state index in [0.29, 0.717) is 6.42 Å². The molecule has 0 bridgehead atoms. The molecule has 0 fully saturated rings. The first-order valence-corrected chi connectivity index (χ1v) is 7.07. The Morgan fingerprint density at radius 2 is 1.95 bits per heavy atom. The van der Waals surface area contributed by atoms with E-state index in [1.165, 1.54) is 0 Å². The normalized spacial score (nSPS) is 15.2. The summed E-state index contributed by atoms with van der Waals surface area (Å²) in [5.74, 6) is 0.338. The first kappa shape index (κ1) is 16.4. The van der Waals surface area contributed by atoms with Crippen molar-refractivity contribution in [2.24, 2.45) is 5.92 Å². The molecule has 0 unspecified atom stereocenters. The van der Waals surface area contributed by atoms with Crippen LogP contribution in [0.3, 0.4) is 0 Å². The van der Waals surface area contributed by atoms with Gasteiger partial charge in [0, 0.05) is 13.5 Å². The molecule has 1 amide bonds. The molecule has 0 saturated heterocycles. The van der Waals surface area contributed by atoms with Crippen molar-refractivity contribution in [2.75, 3.05) is 7.05 Å². The Bertz CT molecular complexity index is 430. The summed E-state index contributed by atoms with van der Waals surface area (Å²) >= 11 is 0. The highest BCUT2D eigenvalue weighted by Crippen LogP contribution is 2.21. The lowest BCUT2D eigenvalue weighted by Gasteiger charge is -2.30. The van der Waals surface area contributed by atoms with Gasteiger partial charge in [0.05, 0.1) is 12.1 Å². The Labute approximate surface area is 121 Å². The number of aliphatic hydroxyl groups is 1. The fraction of sp³-hybridized carbons (Fsp3) is 0.471. The molecule has 0 aliphatic carbocycles. The molecular weight excluding hydrogens is 250 g/mol. The van der Waals surface area contributed by atoms with Crippen LogP contribution in [0, 0.1) is 5.92 Å². The average molecular weight is 275 g/mol. The van der Waals surface area contributed by atoms with Crippen molar-refractivity contribution in [1.82, 2.24) is 4.90 Å². The molecule has 3 atom stereocenters. The van der Waals surface area contributed by atoms with Gasteiger partial charge in [0.1, 0.15) is 0 Å². The van der Waals surface area contributed by atoms with Crippen molar-refractivity contribution in [3.63, 3.8) is 0 Å². The molecule has 0 heterocycles. The molecule has 0 saturated carbocycles. The van der Waals surface area contributed by atoms with Crippen LogP contribution in [0.15, 0.2) is 43.0 Å². The summed E-state index contributed by atoms with van der Waals surface area (Å²) in [5.41, 5.74) is 0.832. The van der Waals surface area contributed by atoms with Crippen LogP contribution in [0.2, 0.25) is 0 Å². The first-order chi connectivity index (χ1) is 9.47. The topological polar surface area (TPSA) is 40.5 Å². The number of likely N-dealkylation sites (N-methyl/N-ethyl adjacent to an activating group) is 1. The molecule has 0 spiro atoms. The summed E-state index contributed by atoms with van der Waals surface area (Å²) in [6.07, 6.45) is 2.48. The minimum atomic E-state index is -0.667. The van der Waals surface area contributed by atoms with Crippen LogP contribution in [-0.4, -0.2) is 29.0 Å². The Hall–Kier alpha value is -1.61. The van der Waals surface area contributed by atoms with E-state index in [1.807, 2.05) is 50.3 Å². The SMILES string of the molecule is C=CC[C@H](C)CC(=O)N(C)[C@H](C)[C@H](O)c1ccccc1. The quantitative estimate of drug-likeness (QED) is 0.776. The minimum absolute atomic E-state index is 0.0573. The number of hydrogen-bond donors (Lipinski definition) is 1. The second kappa shape index (κ2) is 7.85. The second-order valence-electron chi connectivity index (χ2n) is 5.43. The lowest BCUT2D eigenvalue weighted by atomic mass is 10.00. The standard InChI is InChI=1S/C17H25NO2/c1-5-9-13(2)12-16(19)18(4)14(3)17(20)15-10-7-6-8-11-15/h5-8,10-11,13-14,17,20H,1,9,12H2,2-4H3/t13-,14+,17-/m0/s1. The highest BCUT2D eigenvalue weighted by Gasteiger charge is 2.24. The van der Waals surface area contributed by atoms with Crippen molar-refractivity contribution < 1.29 is 9.90 Å². The zero-order valence-electron chi connectivity index (χ0n) is 12.6. The molecule has 1 rings (SSSR count). The smallest absolute Gasteiger partial charge is 0.222 e. The third-order valence-electron chi connectivity index (χ3n) is 3.69. The van der Waals surface area contributed by atoms with Crippen molar-refractivity contribution in [2.45, 2.75) is 38.8 Å². The monoisotopic (exact) mass is 275 g/mol. The van der Waals surface area contributed by atoms with Gasteiger partial charge in [-0.3, -0.25) is 4.79 Å². The van der Waals surface area contributed by atoms with E-state index in [9.17, 15) is 9.90 Å². The van der Waals surface area contributed by atoms with Gasteiger partial charge in [0.25, 0.3) is 0 Å². The minimum Gasteiger partial charge on any atom is -0.386 e. The van der Waals surface area contributed by atoms with E-state index < -0.39 is 6.10 Å². The molecule has 3 nitrogen and oxygen atoms in total. The number of aliphatic hydroxyl groups excluding tert-OH is 1. The summed E-state index contributed by atoms with van der Waals surface area (Å²) in [6, 6.07) is 9.19. The second-order valence-corrected chi connectivity index (χ2v) is 5.43. The molecule has 3 heteroatoms. The van der Waals surface area contributed by atoms with Gasteiger partial charge >= 0.3 is 0 Å². The van der Waals surface area contributed by atoms with Crippen LogP contribution < -0.4 is 0 Å². The third-order valence-corrected chi connectivity index (χ3v) is 3.69. The molecule has 20 heavy (non-hydrogen) atoms. The van der Waals surface area contributed by atoms with Gasteiger partial charge in [-0.05, 0) is 24.8 Å². The molecule has 0 aromatic heterocycles. The Morgan fingerprint density at radius 1 is 1.35 bits per heavy atom. The maximum atomic E-state index is 12.2. The highest BCUT2D eigenvalue weighted by atomic mass is 16.3. The maximum absolute atomic E-state index is 12.2. The Balaban J connectivity index is 2.64. The largest absolute Gasteiger partial charge is 0.386 e. The Morgan fingerprint density at radius 3 is 2.50 bits per heavy atom. The molecular formula is C17H25NO2. The predicted octanol–water partition coefficient (Wildman–Crippen LogP) is 3.17. The first-order valence-electron chi connectivity index (χ1n) is 7.07. The average Bonchev–Trinajstić information content (AvgIpc) is 2.46. The highest BCUT2D eigenvalue weighted by molar-refractivity contribution is 5.76. The number of benzene rings is 1. The van der Waals surface area contributed by atoms with E-state index in [0.717, 1.165) is 12.0 Å². The fourth-order valence-corrected chi connectivity index (χ4v) is 2.18. The Kier molecular flexibility index (Phi) is 6.46. The van der Waals surface area contributed by atoms with Crippen molar-refractivity contribution >= 4 is 5.91 Å². The van der Waals surface area contributed by atoms with E-state index in [-0.39, 0.29) is 17.9 Å². The fourth-order valence-electron chi connectivity index (χ4n) is 2.18. The zero-order chi connectivity index (χ0) is 15.1. The molecule has 0 radical (unpaired) electrons. The van der Waals surface area contributed by atoms with Gasteiger partial charge in [-0.25, -0.2) is 0 Å². The van der Waals surface area contributed by atoms with Crippen molar-refractivity contribution in [3.05, 3.63) is 48.6 Å². The van der Waals surface area contributed by atoms with E-state index in [2.05, 4.69) is 6.58 Å². The van der Waals surface area contributed by atoms with Crippen LogP contribution in [-0.2, 0) is 4.79 Å². The molecule has 110 valence electrons. The van der Waals surface area contributed by atoms with E-state index >= 15 is 0 Å². The molecule has 0 aliphatic rings. The van der Waals surface area contributed by atoms with Crippen LogP contribution in [0.5, 0.6) is 0 Å². The molecule has 1 aromatic carbocycles. The number of nitrogens with zero attached hydrogens (tertiary/aromatic N) is 1. The lowest BCUT2D eigenvalue weighted by molar-refractivity contribution is -0.134. The van der Waals surface area contributed by atoms with Gasteiger partial charge in [0.2, 0.25) is 5.91 Å². The number of amides is 1. The van der Waals surface area contributed by atoms with E-state index in [4.69, 9.17) is 0 Å². The maximum Gasteiger partial charge on any atom is 0.222 e. The lowest BCUT2D eigenvalue weighted by Crippen LogP contribution is -2.39.